The molecule has 3 aromatic carbocycles. The predicted octanol–water partition coefficient (Wildman–Crippen LogP) is 6.36. The van der Waals surface area contributed by atoms with Gasteiger partial charge in [0, 0.05) is 16.7 Å². The van der Waals surface area contributed by atoms with E-state index in [-0.39, 0.29) is 33.6 Å². The van der Waals surface area contributed by atoms with E-state index in [0.29, 0.717) is 5.02 Å². The zero-order valence-electron chi connectivity index (χ0n) is 16.9. The van der Waals surface area contributed by atoms with Crippen LogP contribution in [0.1, 0.15) is 16.1 Å². The van der Waals surface area contributed by atoms with Gasteiger partial charge in [0.15, 0.2) is 0 Å². The van der Waals surface area contributed by atoms with Gasteiger partial charge in [0.25, 0.3) is 0 Å². The topological polar surface area (TPSA) is 65.7 Å². The van der Waals surface area contributed by atoms with Gasteiger partial charge in [0.05, 0.1) is 23.6 Å². The molecule has 4 rings (SSSR count). The third-order valence-corrected chi connectivity index (χ3v) is 5.04. The Morgan fingerprint density at radius 3 is 2.36 bits per heavy atom. The van der Waals surface area contributed by atoms with Crippen LogP contribution in [0.3, 0.4) is 0 Å². The number of hydrogen-bond donors (Lipinski definition) is 0. The lowest BCUT2D eigenvalue weighted by atomic mass is 10.0. The molecule has 0 amide bonds. The standard InChI is InChI=1S/C24H14ClF3O5/c1-31-18-5-3-2-4-16(18)20-21(29)17-11-10-15(12-19(17)33-22(20)24(26,27)28)32-23(30)13-6-8-14(25)9-7-13/h2-12H,1H3. The number of esters is 1. The zero-order chi connectivity index (χ0) is 23.8. The Hall–Kier alpha value is -3.78. The fourth-order valence-electron chi connectivity index (χ4n) is 3.28. The van der Waals surface area contributed by atoms with Gasteiger partial charge < -0.3 is 13.9 Å². The Kier molecular flexibility index (Phi) is 5.86. The molecule has 33 heavy (non-hydrogen) atoms. The zero-order valence-corrected chi connectivity index (χ0v) is 17.7. The molecule has 0 aliphatic rings. The Balaban J connectivity index is 1.84. The number of hydrogen-bond acceptors (Lipinski definition) is 5. The van der Waals surface area contributed by atoms with Crippen LogP contribution in [0.2, 0.25) is 5.02 Å². The molecule has 0 aliphatic heterocycles. The number of fused-ring (bicyclic) bond motifs is 1. The summed E-state index contributed by atoms with van der Waals surface area (Å²) in [6.45, 7) is 0. The van der Waals surface area contributed by atoms with Gasteiger partial charge in [-0.25, -0.2) is 4.79 Å². The van der Waals surface area contributed by atoms with Crippen molar-refractivity contribution in [3.8, 4) is 22.6 Å². The Morgan fingerprint density at radius 1 is 1.00 bits per heavy atom. The molecule has 0 radical (unpaired) electrons. The van der Waals surface area contributed by atoms with Crippen LogP contribution in [-0.2, 0) is 6.18 Å². The Morgan fingerprint density at radius 2 is 1.70 bits per heavy atom. The maximum atomic E-state index is 13.9. The van der Waals surface area contributed by atoms with Crippen LogP contribution in [0.4, 0.5) is 13.2 Å². The van der Waals surface area contributed by atoms with E-state index >= 15 is 0 Å². The minimum absolute atomic E-state index is 0.0544. The van der Waals surface area contributed by atoms with Crippen LogP contribution >= 0.6 is 11.6 Å². The quantitative estimate of drug-likeness (QED) is 0.254. The van der Waals surface area contributed by atoms with Gasteiger partial charge in [0.1, 0.15) is 17.1 Å². The molecule has 0 N–H and O–H groups in total. The highest BCUT2D eigenvalue weighted by molar-refractivity contribution is 6.30. The van der Waals surface area contributed by atoms with E-state index in [0.717, 1.165) is 6.07 Å². The number of ether oxygens (including phenoxy) is 2. The highest BCUT2D eigenvalue weighted by atomic mass is 35.5. The van der Waals surface area contributed by atoms with Crippen LogP contribution in [-0.4, -0.2) is 13.1 Å². The number of methoxy groups -OCH3 is 1. The van der Waals surface area contributed by atoms with Gasteiger partial charge in [-0.15, -0.1) is 0 Å². The third-order valence-electron chi connectivity index (χ3n) is 4.79. The van der Waals surface area contributed by atoms with Gasteiger partial charge in [-0.2, -0.15) is 13.2 Å². The molecule has 168 valence electrons. The monoisotopic (exact) mass is 474 g/mol. The Labute approximate surface area is 189 Å². The third kappa shape index (κ3) is 4.42. The molecule has 5 nitrogen and oxygen atoms in total. The molecule has 0 saturated carbocycles. The van der Waals surface area contributed by atoms with E-state index in [9.17, 15) is 22.8 Å². The van der Waals surface area contributed by atoms with Gasteiger partial charge in [-0.3, -0.25) is 4.79 Å². The van der Waals surface area contributed by atoms with Crippen LogP contribution in [0.15, 0.2) is 75.9 Å². The van der Waals surface area contributed by atoms with Crippen molar-refractivity contribution in [2.75, 3.05) is 7.11 Å². The largest absolute Gasteiger partial charge is 0.496 e. The molecule has 0 atom stereocenters. The number of alkyl halides is 3. The van der Waals surface area contributed by atoms with Crippen molar-refractivity contribution >= 4 is 28.5 Å². The summed E-state index contributed by atoms with van der Waals surface area (Å²) in [4.78, 5) is 25.4. The van der Waals surface area contributed by atoms with Crippen molar-refractivity contribution in [2.45, 2.75) is 6.18 Å². The molecule has 0 spiro atoms. The molecule has 0 bridgehead atoms. The van der Waals surface area contributed by atoms with Gasteiger partial charge in [-0.05, 0) is 42.5 Å². The molecule has 1 aromatic heterocycles. The molecule has 9 heteroatoms. The number of carbonyl (C=O) groups excluding carboxylic acids is 1. The van der Waals surface area contributed by atoms with Gasteiger partial charge in [0.2, 0.25) is 11.2 Å². The van der Waals surface area contributed by atoms with E-state index in [2.05, 4.69) is 0 Å². The maximum Gasteiger partial charge on any atom is 0.450 e. The average molecular weight is 475 g/mol. The summed E-state index contributed by atoms with van der Waals surface area (Å²) in [6, 6.07) is 15.3. The fourth-order valence-corrected chi connectivity index (χ4v) is 3.41. The van der Waals surface area contributed by atoms with Crippen LogP contribution in [0.5, 0.6) is 11.5 Å². The summed E-state index contributed by atoms with van der Waals surface area (Å²) >= 11 is 5.79. The maximum absolute atomic E-state index is 13.9. The second-order valence-corrected chi connectivity index (χ2v) is 7.32. The second kappa shape index (κ2) is 8.63. The van der Waals surface area contributed by atoms with Crippen LogP contribution < -0.4 is 14.9 Å². The first kappa shape index (κ1) is 22.4. The van der Waals surface area contributed by atoms with Crippen LogP contribution in [0, 0.1) is 0 Å². The smallest absolute Gasteiger partial charge is 0.450 e. The van der Waals surface area contributed by atoms with Gasteiger partial charge >= 0.3 is 12.1 Å². The van der Waals surface area contributed by atoms with Crippen molar-refractivity contribution < 1.29 is 31.9 Å². The predicted molar refractivity (Wildman–Crippen MR) is 116 cm³/mol. The highest BCUT2D eigenvalue weighted by Crippen LogP contribution is 2.40. The summed E-state index contributed by atoms with van der Waals surface area (Å²) < 4.78 is 57.1. The lowest BCUT2D eigenvalue weighted by molar-refractivity contribution is -0.152. The van der Waals surface area contributed by atoms with Crippen molar-refractivity contribution in [3.63, 3.8) is 0 Å². The van der Waals surface area contributed by atoms with E-state index in [1.54, 1.807) is 6.07 Å². The highest BCUT2D eigenvalue weighted by Gasteiger charge is 2.40. The second-order valence-electron chi connectivity index (χ2n) is 6.89. The molecular formula is C24H14ClF3O5. The molecule has 1 heterocycles. The first-order valence-corrected chi connectivity index (χ1v) is 9.86. The molecule has 4 aromatic rings. The molecular weight excluding hydrogens is 461 g/mol. The number of carbonyl (C=O) groups is 1. The summed E-state index contributed by atoms with van der Waals surface area (Å²) in [7, 11) is 1.29. The lowest BCUT2D eigenvalue weighted by Gasteiger charge is -2.15. The molecule has 0 fully saturated rings. The SMILES string of the molecule is COc1ccccc1-c1c(C(F)(F)F)oc2cc(OC(=O)c3ccc(Cl)cc3)ccc2c1=O. The Bertz CT molecular complexity index is 1410. The van der Waals surface area contributed by atoms with E-state index in [1.807, 2.05) is 0 Å². The molecule has 0 unspecified atom stereocenters. The van der Waals surface area contributed by atoms with Crippen molar-refractivity contribution in [3.05, 3.63) is 93.3 Å². The average Bonchev–Trinajstić information content (AvgIpc) is 2.78. The summed E-state index contributed by atoms with van der Waals surface area (Å²) in [5.74, 6) is -2.24. The number of halogens is 4. The van der Waals surface area contributed by atoms with Crippen molar-refractivity contribution in [2.24, 2.45) is 0 Å². The number of benzene rings is 3. The minimum Gasteiger partial charge on any atom is -0.496 e. The van der Waals surface area contributed by atoms with E-state index < -0.39 is 28.9 Å². The minimum atomic E-state index is -4.97. The molecule has 0 aliphatic carbocycles. The number of para-hydroxylation sites is 1. The first-order valence-electron chi connectivity index (χ1n) is 9.48. The summed E-state index contributed by atoms with van der Waals surface area (Å²) in [5.41, 5.74) is -1.82. The summed E-state index contributed by atoms with van der Waals surface area (Å²) in [6.07, 6.45) is -4.97. The van der Waals surface area contributed by atoms with Crippen molar-refractivity contribution in [1.29, 1.82) is 0 Å². The first-order chi connectivity index (χ1) is 15.7. The lowest BCUT2D eigenvalue weighted by Crippen LogP contribution is -2.16. The number of rotatable bonds is 4. The molecule has 0 saturated heterocycles. The van der Waals surface area contributed by atoms with Crippen molar-refractivity contribution in [1.82, 2.24) is 0 Å². The normalized spacial score (nSPS) is 11.4. The van der Waals surface area contributed by atoms with Gasteiger partial charge in [-0.1, -0.05) is 29.8 Å². The van der Waals surface area contributed by atoms with E-state index in [4.69, 9.17) is 25.5 Å². The van der Waals surface area contributed by atoms with Crippen LogP contribution in [0.25, 0.3) is 22.1 Å². The van der Waals surface area contributed by atoms with E-state index in [1.165, 1.54) is 61.7 Å². The fraction of sp³-hybridized carbons (Fsp3) is 0.0833. The summed E-state index contributed by atoms with van der Waals surface area (Å²) in [5, 5.41) is 0.305.